The summed E-state index contributed by atoms with van der Waals surface area (Å²) < 4.78 is 27.3. The van der Waals surface area contributed by atoms with Crippen LogP contribution in [-0.2, 0) is 7.05 Å². The summed E-state index contributed by atoms with van der Waals surface area (Å²) in [5.74, 6) is -0.479. The molecule has 0 fully saturated rings. The van der Waals surface area contributed by atoms with Crippen molar-refractivity contribution in [1.82, 2.24) is 30.5 Å². The van der Waals surface area contributed by atoms with E-state index in [0.29, 0.717) is 22.7 Å². The molecule has 1 amide bonds. The zero-order valence-electron chi connectivity index (χ0n) is 17.7. The quantitative estimate of drug-likeness (QED) is 0.688. The average Bonchev–Trinajstić information content (AvgIpc) is 3.07. The Hall–Kier alpha value is -3.20. The first-order valence-corrected chi connectivity index (χ1v) is 8.14. The van der Waals surface area contributed by atoms with Crippen LogP contribution >= 0.6 is 11.6 Å². The second-order valence-electron chi connectivity index (χ2n) is 5.57. The van der Waals surface area contributed by atoms with Crippen LogP contribution in [0, 0.1) is 6.92 Å². The monoisotopic (exact) mass is 390 g/mol. The highest BCUT2D eigenvalue weighted by Gasteiger charge is 2.20. The Balaban J connectivity index is 2.07. The SMILES string of the molecule is [2H]C([2H])([2H])NC(=O)c1nnc(Cl)cc1Nc1ccc(C)c(-c2cnn(C)n2)c1OC. The van der Waals surface area contributed by atoms with E-state index in [2.05, 4.69) is 25.7 Å². The first-order chi connectivity index (χ1) is 14.1. The number of hydrogen-bond donors (Lipinski definition) is 2. The number of rotatable bonds is 5. The number of benzene rings is 1. The molecule has 3 aromatic rings. The molecule has 2 aromatic heterocycles. The molecule has 0 aliphatic rings. The van der Waals surface area contributed by atoms with Crippen LogP contribution in [0.5, 0.6) is 5.75 Å². The van der Waals surface area contributed by atoms with Crippen molar-refractivity contribution in [3.63, 3.8) is 0 Å². The maximum atomic E-state index is 12.4. The third-order valence-corrected chi connectivity index (χ3v) is 3.97. The van der Waals surface area contributed by atoms with E-state index in [9.17, 15) is 4.79 Å². The minimum absolute atomic E-state index is 0.0168. The fourth-order valence-corrected chi connectivity index (χ4v) is 2.75. The molecule has 0 spiro atoms. The molecule has 27 heavy (non-hydrogen) atoms. The molecule has 10 heteroatoms. The van der Waals surface area contributed by atoms with Gasteiger partial charge in [0.25, 0.3) is 5.91 Å². The summed E-state index contributed by atoms with van der Waals surface area (Å²) >= 11 is 5.94. The van der Waals surface area contributed by atoms with Gasteiger partial charge in [-0.3, -0.25) is 4.79 Å². The summed E-state index contributed by atoms with van der Waals surface area (Å²) in [6.07, 6.45) is 1.61. The van der Waals surface area contributed by atoms with Gasteiger partial charge < -0.3 is 15.4 Å². The number of aromatic nitrogens is 5. The van der Waals surface area contributed by atoms with E-state index in [0.717, 1.165) is 5.56 Å². The zero-order chi connectivity index (χ0) is 22.1. The van der Waals surface area contributed by atoms with Crippen molar-refractivity contribution in [2.75, 3.05) is 19.4 Å². The van der Waals surface area contributed by atoms with Crippen LogP contribution in [0.1, 0.15) is 20.2 Å². The van der Waals surface area contributed by atoms with E-state index in [1.807, 2.05) is 18.3 Å². The molecular formula is C17H18ClN7O2. The Morgan fingerprint density at radius 1 is 1.33 bits per heavy atom. The number of aryl methyl sites for hydroxylation is 2. The van der Waals surface area contributed by atoms with Gasteiger partial charge in [0.15, 0.2) is 16.6 Å². The van der Waals surface area contributed by atoms with Crippen LogP contribution in [0.4, 0.5) is 11.4 Å². The number of carbonyl (C=O) groups excluding carboxylic acids is 1. The molecule has 2 heterocycles. The summed E-state index contributed by atoms with van der Waals surface area (Å²) in [6.45, 7) is -0.785. The Kier molecular flexibility index (Phi) is 4.19. The predicted molar refractivity (Wildman–Crippen MR) is 101 cm³/mol. The Morgan fingerprint density at radius 3 is 2.81 bits per heavy atom. The lowest BCUT2D eigenvalue weighted by molar-refractivity contribution is 0.0958. The van der Waals surface area contributed by atoms with Gasteiger partial charge in [-0.15, -0.1) is 10.2 Å². The van der Waals surface area contributed by atoms with E-state index in [4.69, 9.17) is 20.5 Å². The molecule has 0 aliphatic heterocycles. The third-order valence-electron chi connectivity index (χ3n) is 3.79. The molecule has 0 atom stereocenters. The lowest BCUT2D eigenvalue weighted by atomic mass is 10.0. The van der Waals surface area contributed by atoms with Gasteiger partial charge in [-0.1, -0.05) is 17.7 Å². The van der Waals surface area contributed by atoms with Crippen LogP contribution in [-0.4, -0.2) is 45.2 Å². The van der Waals surface area contributed by atoms with Gasteiger partial charge in [-0.2, -0.15) is 15.0 Å². The maximum Gasteiger partial charge on any atom is 0.273 e. The summed E-state index contributed by atoms with van der Waals surface area (Å²) in [5, 5.41) is 20.7. The predicted octanol–water partition coefficient (Wildman–Crippen LogP) is 2.35. The average molecular weight is 391 g/mol. The number of carbonyl (C=O) groups is 1. The van der Waals surface area contributed by atoms with Crippen molar-refractivity contribution >= 4 is 28.9 Å². The fourth-order valence-electron chi connectivity index (χ4n) is 2.61. The van der Waals surface area contributed by atoms with Crippen molar-refractivity contribution in [2.45, 2.75) is 6.92 Å². The molecule has 1 aromatic carbocycles. The summed E-state index contributed by atoms with van der Waals surface area (Å²) in [6, 6.07) is 4.95. The van der Waals surface area contributed by atoms with E-state index in [1.54, 1.807) is 19.3 Å². The van der Waals surface area contributed by atoms with E-state index >= 15 is 0 Å². The minimum Gasteiger partial charge on any atom is -0.494 e. The molecule has 0 saturated heterocycles. The smallest absolute Gasteiger partial charge is 0.273 e. The Labute approximate surface area is 164 Å². The van der Waals surface area contributed by atoms with Gasteiger partial charge in [0.05, 0.1) is 30.2 Å². The van der Waals surface area contributed by atoms with E-state index in [-0.39, 0.29) is 16.5 Å². The van der Waals surface area contributed by atoms with E-state index in [1.165, 1.54) is 18.0 Å². The number of hydrogen-bond acceptors (Lipinski definition) is 7. The fraction of sp³-hybridized carbons (Fsp3) is 0.235. The second kappa shape index (κ2) is 7.58. The first kappa shape index (κ1) is 14.9. The van der Waals surface area contributed by atoms with Crippen LogP contribution in [0.15, 0.2) is 24.4 Å². The molecule has 9 nitrogen and oxygen atoms in total. The number of anilines is 2. The lowest BCUT2D eigenvalue weighted by Gasteiger charge is -2.17. The topological polar surface area (TPSA) is 107 Å². The van der Waals surface area contributed by atoms with Crippen LogP contribution in [0.25, 0.3) is 11.3 Å². The summed E-state index contributed by atoms with van der Waals surface area (Å²) in [7, 11) is 3.20. The van der Waals surface area contributed by atoms with Crippen molar-refractivity contribution in [2.24, 2.45) is 7.05 Å². The van der Waals surface area contributed by atoms with Crippen molar-refractivity contribution < 1.29 is 13.6 Å². The number of ether oxygens (including phenoxy) is 1. The van der Waals surface area contributed by atoms with Gasteiger partial charge in [-0.25, -0.2) is 0 Å². The number of nitrogens with one attached hydrogen (secondary N) is 2. The van der Waals surface area contributed by atoms with Gasteiger partial charge in [-0.05, 0) is 18.6 Å². The number of methoxy groups -OCH3 is 1. The van der Waals surface area contributed by atoms with Crippen molar-refractivity contribution in [1.29, 1.82) is 0 Å². The highest BCUT2D eigenvalue weighted by molar-refractivity contribution is 6.29. The highest BCUT2D eigenvalue weighted by Crippen LogP contribution is 2.39. The van der Waals surface area contributed by atoms with Gasteiger partial charge >= 0.3 is 0 Å². The largest absolute Gasteiger partial charge is 0.494 e. The van der Waals surface area contributed by atoms with Gasteiger partial charge in [0.1, 0.15) is 5.69 Å². The van der Waals surface area contributed by atoms with Crippen LogP contribution in [0.3, 0.4) is 0 Å². The Morgan fingerprint density at radius 2 is 2.15 bits per heavy atom. The molecular weight excluding hydrogens is 370 g/mol. The van der Waals surface area contributed by atoms with Crippen LogP contribution < -0.4 is 15.4 Å². The van der Waals surface area contributed by atoms with Crippen molar-refractivity contribution in [3.8, 4) is 17.0 Å². The van der Waals surface area contributed by atoms with Crippen molar-refractivity contribution in [3.05, 3.63) is 40.8 Å². The standard InChI is InChI=1S/C17H18ClN7O2/c1-9-5-6-10(16(27-4)14(9)12-8-20-25(3)24-12)21-11-7-13(18)22-23-15(11)17(26)19-2/h5-8H,1-4H3,(H,19,26)(H,21,22)/i2D3. The molecule has 0 unspecified atom stereocenters. The zero-order valence-corrected chi connectivity index (χ0v) is 15.5. The Bertz CT molecular complexity index is 1100. The normalized spacial score (nSPS) is 12.7. The summed E-state index contributed by atoms with van der Waals surface area (Å²) in [4.78, 5) is 13.8. The highest BCUT2D eigenvalue weighted by atomic mass is 35.5. The molecule has 0 bridgehead atoms. The summed E-state index contributed by atoms with van der Waals surface area (Å²) in [5.41, 5.74) is 2.60. The molecule has 0 radical (unpaired) electrons. The number of amides is 1. The van der Waals surface area contributed by atoms with E-state index < -0.39 is 12.9 Å². The molecule has 0 saturated carbocycles. The van der Waals surface area contributed by atoms with Gasteiger partial charge in [0.2, 0.25) is 0 Å². The number of nitrogens with zero attached hydrogens (tertiary/aromatic N) is 5. The third kappa shape index (κ3) is 3.68. The minimum atomic E-state index is -2.68. The molecule has 0 aliphatic carbocycles. The lowest BCUT2D eigenvalue weighted by Crippen LogP contribution is -2.21. The molecule has 140 valence electrons. The maximum absolute atomic E-state index is 12.4. The second-order valence-corrected chi connectivity index (χ2v) is 5.95. The first-order valence-electron chi connectivity index (χ1n) is 9.26. The molecule has 2 N–H and O–H groups in total. The van der Waals surface area contributed by atoms with Crippen LogP contribution in [0.2, 0.25) is 5.15 Å². The molecule has 3 rings (SSSR count). The number of halogens is 1. The van der Waals surface area contributed by atoms with Gasteiger partial charge in [0, 0.05) is 24.2 Å².